The molecule has 1 heterocycles. The maximum absolute atomic E-state index is 5.39. The fraction of sp³-hybridized carbons (Fsp3) is 0.750. The summed E-state index contributed by atoms with van der Waals surface area (Å²) in [4.78, 5) is 0. The van der Waals surface area contributed by atoms with Gasteiger partial charge >= 0.3 is 0 Å². The van der Waals surface area contributed by atoms with Crippen LogP contribution in [0.25, 0.3) is 0 Å². The lowest BCUT2D eigenvalue weighted by Gasteiger charge is -2.04. The Bertz CT molecular complexity index is 138. The lowest BCUT2D eigenvalue weighted by molar-refractivity contribution is 0.135. The van der Waals surface area contributed by atoms with Crippen LogP contribution >= 0.6 is 0 Å². The van der Waals surface area contributed by atoms with Crippen LogP contribution in [-0.4, -0.2) is 18.9 Å². The largest absolute Gasteiger partial charge is 0.358 e. The molecule has 2 unspecified atom stereocenters. The molecule has 0 amide bonds. The van der Waals surface area contributed by atoms with Gasteiger partial charge in [-0.3, -0.25) is 5.32 Å². The maximum Gasteiger partial charge on any atom is 0.127 e. The van der Waals surface area contributed by atoms with Gasteiger partial charge in [0, 0.05) is 6.04 Å². The van der Waals surface area contributed by atoms with Crippen molar-refractivity contribution in [3.05, 3.63) is 11.6 Å². The Morgan fingerprint density at radius 3 is 2.70 bits per heavy atom. The normalized spacial score (nSPS) is 32.3. The van der Waals surface area contributed by atoms with E-state index in [1.54, 1.807) is 0 Å². The molecule has 0 aromatic rings. The number of nitrogens with one attached hydrogen (secondary N) is 1. The van der Waals surface area contributed by atoms with Gasteiger partial charge < -0.3 is 4.74 Å². The smallest absolute Gasteiger partial charge is 0.127 e. The van der Waals surface area contributed by atoms with E-state index >= 15 is 0 Å². The summed E-state index contributed by atoms with van der Waals surface area (Å²) in [5.74, 6) is 0. The minimum Gasteiger partial charge on any atom is -0.358 e. The first-order chi connectivity index (χ1) is 4.68. The second-order valence-corrected chi connectivity index (χ2v) is 3.07. The van der Waals surface area contributed by atoms with Gasteiger partial charge in [-0.2, -0.15) is 0 Å². The number of ether oxygens (including phenoxy) is 1. The van der Waals surface area contributed by atoms with E-state index in [0.29, 0.717) is 6.04 Å². The van der Waals surface area contributed by atoms with E-state index in [0.717, 1.165) is 6.61 Å². The molecule has 0 saturated carbocycles. The molecule has 1 N–H and O–H groups in total. The Morgan fingerprint density at radius 1 is 1.60 bits per heavy atom. The average molecular weight is 141 g/mol. The van der Waals surface area contributed by atoms with E-state index in [4.69, 9.17) is 4.74 Å². The van der Waals surface area contributed by atoms with Crippen molar-refractivity contribution in [3.63, 3.8) is 0 Å². The second kappa shape index (κ2) is 3.17. The summed E-state index contributed by atoms with van der Waals surface area (Å²) in [6.45, 7) is 7.11. The van der Waals surface area contributed by atoms with Crippen LogP contribution in [0.4, 0.5) is 0 Å². The minimum absolute atomic E-state index is 0.153. The Labute approximate surface area is 62.3 Å². The SMILES string of the molecule is CC(C)=CC1NC(C)CO1. The van der Waals surface area contributed by atoms with E-state index < -0.39 is 0 Å². The molecule has 2 nitrogen and oxygen atoms in total. The van der Waals surface area contributed by atoms with Crippen molar-refractivity contribution in [1.82, 2.24) is 5.32 Å². The van der Waals surface area contributed by atoms with Crippen molar-refractivity contribution in [1.29, 1.82) is 0 Å². The van der Waals surface area contributed by atoms with E-state index in [2.05, 4.69) is 32.2 Å². The zero-order valence-corrected chi connectivity index (χ0v) is 6.85. The average Bonchev–Trinajstić information content (AvgIpc) is 2.13. The van der Waals surface area contributed by atoms with Crippen LogP contribution in [0.3, 0.4) is 0 Å². The first-order valence-corrected chi connectivity index (χ1v) is 3.71. The molecule has 0 aromatic heterocycles. The molecule has 1 saturated heterocycles. The van der Waals surface area contributed by atoms with E-state index in [1.165, 1.54) is 5.57 Å². The van der Waals surface area contributed by atoms with E-state index in [1.807, 2.05) is 0 Å². The second-order valence-electron chi connectivity index (χ2n) is 3.07. The van der Waals surface area contributed by atoms with Crippen molar-refractivity contribution in [2.45, 2.75) is 33.0 Å². The maximum atomic E-state index is 5.39. The van der Waals surface area contributed by atoms with Crippen molar-refractivity contribution >= 4 is 0 Å². The summed E-state index contributed by atoms with van der Waals surface area (Å²) < 4.78 is 5.39. The molecule has 0 radical (unpaired) electrons. The lowest BCUT2D eigenvalue weighted by Crippen LogP contribution is -2.26. The standard InChI is InChI=1S/C8H15NO/c1-6(2)4-8-9-7(3)5-10-8/h4,7-9H,5H2,1-3H3. The highest BCUT2D eigenvalue weighted by molar-refractivity contribution is 4.99. The fourth-order valence-electron chi connectivity index (χ4n) is 1.02. The van der Waals surface area contributed by atoms with E-state index in [-0.39, 0.29) is 6.23 Å². The lowest BCUT2D eigenvalue weighted by atomic mass is 10.3. The predicted molar refractivity (Wildman–Crippen MR) is 41.8 cm³/mol. The van der Waals surface area contributed by atoms with Gasteiger partial charge in [0.05, 0.1) is 6.61 Å². The van der Waals surface area contributed by atoms with Crippen LogP contribution in [0.15, 0.2) is 11.6 Å². The van der Waals surface area contributed by atoms with Crippen LogP contribution < -0.4 is 5.32 Å². The molecule has 1 aliphatic rings. The van der Waals surface area contributed by atoms with Crippen LogP contribution in [-0.2, 0) is 4.74 Å². The molecular formula is C8H15NO. The highest BCUT2D eigenvalue weighted by Crippen LogP contribution is 2.05. The van der Waals surface area contributed by atoms with Crippen molar-refractivity contribution in [2.75, 3.05) is 6.61 Å². The minimum atomic E-state index is 0.153. The molecule has 58 valence electrons. The monoisotopic (exact) mass is 141 g/mol. The number of hydrogen-bond donors (Lipinski definition) is 1. The first kappa shape index (κ1) is 7.76. The van der Waals surface area contributed by atoms with Crippen molar-refractivity contribution in [3.8, 4) is 0 Å². The van der Waals surface area contributed by atoms with Gasteiger partial charge in [-0.1, -0.05) is 5.57 Å². The number of hydrogen-bond acceptors (Lipinski definition) is 2. The zero-order chi connectivity index (χ0) is 7.56. The summed E-state index contributed by atoms with van der Waals surface area (Å²) in [5, 5.41) is 3.29. The van der Waals surface area contributed by atoms with Crippen LogP contribution in [0.5, 0.6) is 0 Å². The number of rotatable bonds is 1. The van der Waals surface area contributed by atoms with Crippen molar-refractivity contribution < 1.29 is 4.74 Å². The van der Waals surface area contributed by atoms with Gasteiger partial charge in [0.1, 0.15) is 6.23 Å². The van der Waals surface area contributed by atoms with Gasteiger partial charge in [0.15, 0.2) is 0 Å². The van der Waals surface area contributed by atoms with Crippen molar-refractivity contribution in [2.24, 2.45) is 0 Å². The zero-order valence-electron chi connectivity index (χ0n) is 6.85. The summed E-state index contributed by atoms with van der Waals surface area (Å²) in [6.07, 6.45) is 2.25. The molecule has 0 bridgehead atoms. The molecule has 0 spiro atoms. The predicted octanol–water partition coefficient (Wildman–Crippen LogP) is 1.29. The Hall–Kier alpha value is -0.340. The topological polar surface area (TPSA) is 21.3 Å². The van der Waals surface area contributed by atoms with Crippen LogP contribution in [0, 0.1) is 0 Å². The molecule has 0 aromatic carbocycles. The Balaban J connectivity index is 2.38. The molecule has 0 aliphatic carbocycles. The third-order valence-electron chi connectivity index (χ3n) is 1.46. The third-order valence-corrected chi connectivity index (χ3v) is 1.46. The molecular weight excluding hydrogens is 126 g/mol. The molecule has 1 aliphatic heterocycles. The highest BCUT2D eigenvalue weighted by Gasteiger charge is 2.17. The summed E-state index contributed by atoms with van der Waals surface area (Å²) in [6, 6.07) is 0.501. The Kier molecular flexibility index (Phi) is 2.46. The molecule has 1 fully saturated rings. The van der Waals surface area contributed by atoms with Gasteiger partial charge in [-0.05, 0) is 26.8 Å². The summed E-state index contributed by atoms with van der Waals surface area (Å²) in [5.41, 5.74) is 1.30. The molecule has 10 heavy (non-hydrogen) atoms. The summed E-state index contributed by atoms with van der Waals surface area (Å²) in [7, 11) is 0. The van der Waals surface area contributed by atoms with Gasteiger partial charge in [0.2, 0.25) is 0 Å². The summed E-state index contributed by atoms with van der Waals surface area (Å²) >= 11 is 0. The Morgan fingerprint density at radius 2 is 2.30 bits per heavy atom. The van der Waals surface area contributed by atoms with Gasteiger partial charge in [-0.25, -0.2) is 0 Å². The van der Waals surface area contributed by atoms with E-state index in [9.17, 15) is 0 Å². The third kappa shape index (κ3) is 2.12. The molecule has 2 atom stereocenters. The van der Waals surface area contributed by atoms with Crippen LogP contribution in [0.1, 0.15) is 20.8 Å². The number of allylic oxidation sites excluding steroid dienone is 1. The van der Waals surface area contributed by atoms with Crippen LogP contribution in [0.2, 0.25) is 0 Å². The molecule has 2 heteroatoms. The quantitative estimate of drug-likeness (QED) is 0.555. The first-order valence-electron chi connectivity index (χ1n) is 3.71. The highest BCUT2D eigenvalue weighted by atomic mass is 16.5. The molecule has 1 rings (SSSR count). The fourth-order valence-corrected chi connectivity index (χ4v) is 1.02. The van der Waals surface area contributed by atoms with Gasteiger partial charge in [0.25, 0.3) is 0 Å². The van der Waals surface area contributed by atoms with Gasteiger partial charge in [-0.15, -0.1) is 0 Å².